The Balaban J connectivity index is 1.21. The number of carboxylic acids is 1. The van der Waals surface area contributed by atoms with Crippen LogP contribution in [0.1, 0.15) is 78.1 Å². The zero-order valence-electron chi connectivity index (χ0n) is 23.6. The molecule has 0 unspecified atom stereocenters. The van der Waals surface area contributed by atoms with Crippen molar-refractivity contribution in [3.05, 3.63) is 11.6 Å². The second kappa shape index (κ2) is 10.4. The van der Waals surface area contributed by atoms with Gasteiger partial charge in [0, 0.05) is 43.6 Å². The number of hydrogen-bond donors (Lipinski definition) is 3. The number of aliphatic carboxylic acids is 1. The van der Waals surface area contributed by atoms with Crippen LogP contribution in [-0.4, -0.2) is 86.3 Å². The topological polar surface area (TPSA) is 176 Å². The number of Topliss-reactive ketones (excluding diaryl/α,β-unsaturated/α-hetero) is 2. The molecule has 1 heterocycles. The van der Waals surface area contributed by atoms with Gasteiger partial charge < -0.3 is 25.0 Å². The fraction of sp³-hybridized carbons (Fsp3) is 0.733. The second-order valence-electron chi connectivity index (χ2n) is 13.2. The van der Waals surface area contributed by atoms with Crippen LogP contribution in [0.25, 0.3) is 0 Å². The third-order valence-corrected chi connectivity index (χ3v) is 11.1. The lowest BCUT2D eigenvalue weighted by Gasteiger charge is -2.57. The molecule has 1 aliphatic heterocycles. The quantitative estimate of drug-likeness (QED) is 0.377. The summed E-state index contributed by atoms with van der Waals surface area (Å²) in [7, 11) is 0. The molecule has 1 amide bonds. The van der Waals surface area contributed by atoms with Crippen LogP contribution in [0.3, 0.4) is 0 Å². The molecule has 4 aliphatic carbocycles. The molecular formula is C30H39NO10. The Labute approximate surface area is 238 Å². The monoisotopic (exact) mass is 573 g/mol. The van der Waals surface area contributed by atoms with Crippen LogP contribution < -0.4 is 0 Å². The number of esters is 1. The van der Waals surface area contributed by atoms with Gasteiger partial charge in [-0.25, -0.2) is 4.79 Å². The van der Waals surface area contributed by atoms with Gasteiger partial charge in [0.2, 0.25) is 11.7 Å². The summed E-state index contributed by atoms with van der Waals surface area (Å²) in [5, 5.41) is 30.7. The third-order valence-electron chi connectivity index (χ3n) is 11.1. The van der Waals surface area contributed by atoms with E-state index in [1.807, 2.05) is 0 Å². The highest BCUT2D eigenvalue weighted by molar-refractivity contribution is 5.95. The van der Waals surface area contributed by atoms with Crippen LogP contribution in [0.5, 0.6) is 0 Å². The number of aliphatic hydroxyl groups is 2. The summed E-state index contributed by atoms with van der Waals surface area (Å²) in [5.41, 5.74) is -2.19. The molecule has 11 nitrogen and oxygen atoms in total. The molecule has 4 fully saturated rings. The van der Waals surface area contributed by atoms with Crippen molar-refractivity contribution in [2.75, 3.05) is 13.2 Å². The van der Waals surface area contributed by atoms with Crippen molar-refractivity contribution in [2.24, 2.45) is 28.6 Å². The molecular weight excluding hydrogens is 534 g/mol. The van der Waals surface area contributed by atoms with Crippen LogP contribution in [0.15, 0.2) is 11.6 Å². The van der Waals surface area contributed by atoms with Gasteiger partial charge in [-0.1, -0.05) is 19.4 Å². The van der Waals surface area contributed by atoms with Gasteiger partial charge >= 0.3 is 11.9 Å². The van der Waals surface area contributed by atoms with Crippen molar-refractivity contribution in [3.8, 4) is 0 Å². The lowest BCUT2D eigenvalue weighted by atomic mass is 9.46. The number of rotatable bonds is 7. The van der Waals surface area contributed by atoms with Gasteiger partial charge in [-0.2, -0.15) is 0 Å². The number of hydrogen-bond acceptors (Lipinski definition) is 9. The normalized spacial score (nSPS) is 39.9. The third kappa shape index (κ3) is 4.74. The van der Waals surface area contributed by atoms with Crippen molar-refractivity contribution in [1.29, 1.82) is 0 Å². The first kappa shape index (κ1) is 29.6. The first-order valence-electron chi connectivity index (χ1n) is 14.6. The number of likely N-dealkylation sites (tertiary alicyclic amines) is 1. The molecule has 5 aliphatic rings. The predicted molar refractivity (Wildman–Crippen MR) is 141 cm³/mol. The number of carbonyl (C=O) groups excluding carboxylic acids is 5. The van der Waals surface area contributed by atoms with E-state index in [0.29, 0.717) is 19.3 Å². The van der Waals surface area contributed by atoms with E-state index in [2.05, 4.69) is 6.92 Å². The minimum Gasteiger partial charge on any atom is -0.480 e. The van der Waals surface area contributed by atoms with E-state index in [-0.39, 0.29) is 73.4 Å². The zero-order chi connectivity index (χ0) is 29.9. The van der Waals surface area contributed by atoms with Crippen molar-refractivity contribution in [1.82, 2.24) is 4.90 Å². The van der Waals surface area contributed by atoms with Gasteiger partial charge in [0.15, 0.2) is 12.4 Å². The molecule has 5 rings (SSSR count). The minimum absolute atomic E-state index is 0.00604. The van der Waals surface area contributed by atoms with E-state index < -0.39 is 53.4 Å². The van der Waals surface area contributed by atoms with E-state index >= 15 is 0 Å². The van der Waals surface area contributed by atoms with Crippen molar-refractivity contribution < 1.29 is 48.8 Å². The summed E-state index contributed by atoms with van der Waals surface area (Å²) in [4.78, 5) is 76.4. The summed E-state index contributed by atoms with van der Waals surface area (Å²) < 4.78 is 5.14. The fourth-order valence-electron chi connectivity index (χ4n) is 8.86. The number of nitrogens with zero attached hydrogens (tertiary/aromatic N) is 1. The number of allylic oxidation sites excluding steroid dienone is 1. The molecule has 0 aromatic rings. The molecule has 8 atom stereocenters. The average Bonchev–Trinajstić information content (AvgIpc) is 3.43. The summed E-state index contributed by atoms with van der Waals surface area (Å²) in [6, 6.07) is -1.16. The Morgan fingerprint density at radius 2 is 1.80 bits per heavy atom. The largest absolute Gasteiger partial charge is 0.480 e. The summed E-state index contributed by atoms with van der Waals surface area (Å²) in [6.07, 6.45) is 3.19. The Kier molecular flexibility index (Phi) is 7.51. The number of β-amino-alcohol motifs (C(OH)–C–C–N with tert-alkyl or cyclic N) is 1. The molecule has 3 saturated carbocycles. The molecule has 0 spiro atoms. The summed E-state index contributed by atoms with van der Waals surface area (Å²) >= 11 is 0. The minimum atomic E-state index is -1.84. The molecule has 0 aromatic carbocycles. The smallest absolute Gasteiger partial charge is 0.326 e. The van der Waals surface area contributed by atoms with Gasteiger partial charge in [0.25, 0.3) is 0 Å². The van der Waals surface area contributed by atoms with E-state index in [9.17, 15) is 44.1 Å². The molecule has 224 valence electrons. The van der Waals surface area contributed by atoms with Gasteiger partial charge in [-0.15, -0.1) is 0 Å². The number of ether oxygens (including phenoxy) is 1. The first-order valence-corrected chi connectivity index (χ1v) is 14.6. The highest BCUT2D eigenvalue weighted by Gasteiger charge is 2.68. The van der Waals surface area contributed by atoms with E-state index in [4.69, 9.17) is 4.74 Å². The predicted octanol–water partition coefficient (Wildman–Crippen LogP) is 1.37. The van der Waals surface area contributed by atoms with Gasteiger partial charge in [-0.05, 0) is 55.4 Å². The molecule has 1 saturated heterocycles. The van der Waals surface area contributed by atoms with Crippen LogP contribution in [0, 0.1) is 28.6 Å². The Bertz CT molecular complexity index is 1230. The van der Waals surface area contributed by atoms with Crippen molar-refractivity contribution in [2.45, 2.75) is 95.8 Å². The van der Waals surface area contributed by atoms with Crippen LogP contribution in [-0.2, 0) is 33.5 Å². The number of aliphatic hydroxyl groups excluding tert-OH is 1. The zero-order valence-corrected chi connectivity index (χ0v) is 23.6. The lowest BCUT2D eigenvalue weighted by molar-refractivity contribution is -0.174. The Morgan fingerprint density at radius 3 is 2.51 bits per heavy atom. The average molecular weight is 574 g/mol. The van der Waals surface area contributed by atoms with Gasteiger partial charge in [-0.3, -0.25) is 24.0 Å². The molecule has 3 N–H and O–H groups in total. The molecule has 41 heavy (non-hydrogen) atoms. The van der Waals surface area contributed by atoms with Crippen LogP contribution in [0.2, 0.25) is 0 Å². The van der Waals surface area contributed by atoms with Crippen molar-refractivity contribution >= 4 is 35.2 Å². The highest BCUT2D eigenvalue weighted by Crippen LogP contribution is 2.66. The molecule has 11 heteroatoms. The fourth-order valence-corrected chi connectivity index (χ4v) is 8.86. The maximum atomic E-state index is 13.7. The molecule has 0 bridgehead atoms. The number of amides is 1. The van der Waals surface area contributed by atoms with Crippen molar-refractivity contribution in [3.63, 3.8) is 0 Å². The number of carboxylic acid groups (broad SMARTS) is 1. The van der Waals surface area contributed by atoms with Gasteiger partial charge in [0.1, 0.15) is 17.4 Å². The van der Waals surface area contributed by atoms with E-state index in [0.717, 1.165) is 23.3 Å². The highest BCUT2D eigenvalue weighted by atomic mass is 16.5. The van der Waals surface area contributed by atoms with E-state index in [1.54, 1.807) is 13.0 Å². The maximum Gasteiger partial charge on any atom is 0.326 e. The second-order valence-corrected chi connectivity index (χ2v) is 13.2. The molecule has 0 aromatic heterocycles. The lowest BCUT2D eigenvalue weighted by Crippen LogP contribution is -2.61. The standard InChI is InChI=1S/C30H39NO10/c1-28-9-7-17(32)11-16(28)3-4-19-20-8-10-30(40,29(20,2)13-22(34)26(19)28)23(35)15-41-25(37)6-5-24(36)31-14-18(33)12-21(31)27(38)39/h11,18-21,26,33,40H,3-10,12-15H2,1-2H3,(H,38,39)/t18-,19+,20-,21-,26-,28-,29-,30-/m0/s1. The van der Waals surface area contributed by atoms with Gasteiger partial charge in [0.05, 0.1) is 12.5 Å². The first-order chi connectivity index (χ1) is 19.2. The SMILES string of the molecule is C[C@]12CCC(=O)C=C1CC[C@H]1[C@H]2C(=O)C[C@@]2(C)[C@H]1CC[C@]2(O)C(=O)COC(=O)CCC(=O)N1C[C@@H](O)C[C@H]1C(=O)O. The maximum absolute atomic E-state index is 13.7. The van der Waals surface area contributed by atoms with E-state index in [1.165, 1.54) is 0 Å². The van der Waals surface area contributed by atoms with Crippen LogP contribution >= 0.6 is 0 Å². The Morgan fingerprint density at radius 1 is 1.07 bits per heavy atom. The molecule has 0 radical (unpaired) electrons. The number of carbonyl (C=O) groups is 6. The number of fused-ring (bicyclic) bond motifs is 5. The number of ketones is 3. The van der Waals surface area contributed by atoms with Crippen LogP contribution in [0.4, 0.5) is 0 Å². The Hall–Kier alpha value is -2.92. The summed E-state index contributed by atoms with van der Waals surface area (Å²) in [5.74, 6) is -3.58. The summed E-state index contributed by atoms with van der Waals surface area (Å²) in [6.45, 7) is 3.04.